The van der Waals surface area contributed by atoms with Crippen molar-refractivity contribution in [3.63, 3.8) is 0 Å². The molecule has 0 unspecified atom stereocenters. The Morgan fingerprint density at radius 3 is 0.907 bits per heavy atom. The summed E-state index contributed by atoms with van der Waals surface area (Å²) in [6.07, 6.45) is 8.62. The first-order valence-electron chi connectivity index (χ1n) is 19.4. The lowest BCUT2D eigenvalue weighted by Gasteiger charge is -1.82. The second kappa shape index (κ2) is 60.6. The number of aryl methyl sites for hydroxylation is 6. The van der Waals surface area contributed by atoms with Crippen LogP contribution in [0.3, 0.4) is 0 Å². The van der Waals surface area contributed by atoms with Crippen LogP contribution in [0.25, 0.3) is 0 Å². The first kappa shape index (κ1) is 64.5. The van der Waals surface area contributed by atoms with Crippen LogP contribution in [0.4, 0.5) is 0 Å². The van der Waals surface area contributed by atoms with Crippen LogP contribution in [-0.4, -0.2) is 19.9 Å². The average Bonchev–Trinajstić information content (AvgIpc) is 3.73. The van der Waals surface area contributed by atoms with E-state index in [1.807, 2.05) is 177 Å². The fraction of sp³-hybridized carbons (Fsp3) is 0.388. The quantitative estimate of drug-likeness (QED) is 0.155. The van der Waals surface area contributed by atoms with Crippen LogP contribution in [0.15, 0.2) is 146 Å². The third kappa shape index (κ3) is 56.9. The molecule has 0 spiro atoms. The maximum atomic E-state index is 3.98. The minimum Gasteiger partial charge on any atom is -0.265 e. The van der Waals surface area contributed by atoms with Gasteiger partial charge in [0.25, 0.3) is 0 Å². The van der Waals surface area contributed by atoms with Gasteiger partial charge in [-0.2, -0.15) is 0 Å². The molecule has 0 amide bonds. The van der Waals surface area contributed by atoms with Gasteiger partial charge in [-0.15, -0.1) is 11.3 Å². The fourth-order valence-corrected chi connectivity index (χ4v) is 3.19. The molecule has 4 nitrogen and oxygen atoms in total. The molecule has 0 aliphatic heterocycles. The molecular weight excluding hydrogens is 677 g/mol. The maximum Gasteiger partial charge on any atom is 0.115 e. The van der Waals surface area contributed by atoms with Crippen molar-refractivity contribution in [3.8, 4) is 0 Å². The molecule has 4 heterocycles. The Balaban J connectivity index is -0.0000000926. The Morgan fingerprint density at radius 2 is 0.741 bits per heavy atom. The van der Waals surface area contributed by atoms with E-state index >= 15 is 0 Å². The summed E-state index contributed by atoms with van der Waals surface area (Å²) in [6.45, 7) is 36.2. The highest BCUT2D eigenvalue weighted by Crippen LogP contribution is 2.03. The topological polar surface area (TPSA) is 51.6 Å². The van der Waals surface area contributed by atoms with Crippen molar-refractivity contribution in [1.82, 2.24) is 19.9 Å². The van der Waals surface area contributed by atoms with Crippen LogP contribution in [0.1, 0.15) is 123 Å². The zero-order chi connectivity index (χ0) is 42.0. The van der Waals surface area contributed by atoms with E-state index in [1.54, 1.807) is 36.1 Å². The molecule has 0 radical (unpaired) electrons. The second-order valence-corrected chi connectivity index (χ2v) is 10.0. The summed E-state index contributed by atoms with van der Waals surface area (Å²) < 4.78 is 0. The molecule has 0 saturated carbocycles. The van der Waals surface area contributed by atoms with Crippen LogP contribution < -0.4 is 0 Å². The van der Waals surface area contributed by atoms with Gasteiger partial charge in [0.1, 0.15) is 6.33 Å². The minimum absolute atomic E-state index is 0. The Bertz CT molecular complexity index is 1130. The number of benzene rings is 2. The average molecular weight is 759 g/mol. The first-order chi connectivity index (χ1) is 25.9. The van der Waals surface area contributed by atoms with Gasteiger partial charge in [-0.25, -0.2) is 9.97 Å². The number of hydrogen-bond donors (Lipinski definition) is 0. The van der Waals surface area contributed by atoms with Gasteiger partial charge in [-0.3, -0.25) is 9.97 Å². The van der Waals surface area contributed by atoms with Gasteiger partial charge >= 0.3 is 0 Å². The van der Waals surface area contributed by atoms with Gasteiger partial charge in [0.15, 0.2) is 0 Å². The van der Waals surface area contributed by atoms with E-state index in [2.05, 4.69) is 82.5 Å². The van der Waals surface area contributed by atoms with E-state index in [-0.39, 0.29) is 7.43 Å². The summed E-state index contributed by atoms with van der Waals surface area (Å²) in [5.74, 6) is 0. The maximum absolute atomic E-state index is 3.98. The molecule has 0 aliphatic rings. The zero-order valence-electron chi connectivity index (χ0n) is 37.1. The molecule has 0 saturated heterocycles. The van der Waals surface area contributed by atoms with Crippen LogP contribution in [0.5, 0.6) is 0 Å². The lowest BCUT2D eigenvalue weighted by Crippen LogP contribution is -1.77. The van der Waals surface area contributed by atoms with E-state index < -0.39 is 0 Å². The van der Waals surface area contributed by atoms with Crippen LogP contribution in [0, 0.1) is 41.5 Å². The van der Waals surface area contributed by atoms with E-state index in [1.165, 1.54) is 27.9 Å². The van der Waals surface area contributed by atoms with Crippen molar-refractivity contribution in [2.24, 2.45) is 0 Å². The summed E-state index contributed by atoms with van der Waals surface area (Å²) in [4.78, 5) is 16.8. The lowest BCUT2D eigenvalue weighted by molar-refractivity contribution is 1.10. The van der Waals surface area contributed by atoms with E-state index in [0.29, 0.717) is 0 Å². The Labute approximate surface area is 340 Å². The van der Waals surface area contributed by atoms with Crippen molar-refractivity contribution in [3.05, 3.63) is 179 Å². The summed E-state index contributed by atoms with van der Waals surface area (Å²) in [7, 11) is 0. The molecule has 2 aromatic carbocycles. The predicted octanol–water partition coefficient (Wildman–Crippen LogP) is 16.4. The van der Waals surface area contributed by atoms with Gasteiger partial charge in [-0.05, 0) is 88.9 Å². The molecule has 4 aromatic heterocycles. The highest BCUT2D eigenvalue weighted by Gasteiger charge is 1.76. The number of hydrogen-bond acceptors (Lipinski definition) is 5. The second-order valence-electron chi connectivity index (χ2n) is 8.88. The van der Waals surface area contributed by atoms with Gasteiger partial charge < -0.3 is 0 Å². The summed E-state index contributed by atoms with van der Waals surface area (Å²) in [5.41, 5.74) is 5.98. The molecule has 304 valence electrons. The van der Waals surface area contributed by atoms with E-state index in [4.69, 9.17) is 0 Å². The highest BCUT2D eigenvalue weighted by atomic mass is 32.1. The number of pyridine rings is 2. The third-order valence-corrected chi connectivity index (χ3v) is 5.74. The number of rotatable bonds is 0. The molecular formula is C49H82N4S. The molecule has 0 atom stereocenters. The number of thiophene rings is 1. The summed E-state index contributed by atoms with van der Waals surface area (Å²) in [6, 6.07) is 36.3. The molecule has 0 fully saturated rings. The summed E-state index contributed by atoms with van der Waals surface area (Å²) in [5, 5.41) is 2.08. The molecule has 5 heteroatoms. The predicted molar refractivity (Wildman–Crippen MR) is 251 cm³/mol. The van der Waals surface area contributed by atoms with Crippen LogP contribution >= 0.6 is 11.3 Å². The van der Waals surface area contributed by atoms with E-state index in [9.17, 15) is 0 Å². The normalized spacial score (nSPS) is 7.30. The van der Waals surface area contributed by atoms with Crippen molar-refractivity contribution < 1.29 is 0 Å². The molecule has 6 rings (SSSR count). The van der Waals surface area contributed by atoms with Crippen molar-refractivity contribution >= 4 is 11.3 Å². The molecule has 0 bridgehead atoms. The molecule has 0 N–H and O–H groups in total. The van der Waals surface area contributed by atoms with Crippen molar-refractivity contribution in [1.29, 1.82) is 0 Å². The number of aromatic nitrogens is 4. The molecule has 54 heavy (non-hydrogen) atoms. The van der Waals surface area contributed by atoms with Crippen LogP contribution in [0.2, 0.25) is 0 Å². The summed E-state index contributed by atoms with van der Waals surface area (Å²) >= 11 is 1.78. The van der Waals surface area contributed by atoms with Crippen molar-refractivity contribution in [2.45, 2.75) is 132 Å². The minimum atomic E-state index is 0. The van der Waals surface area contributed by atoms with Gasteiger partial charge in [0, 0.05) is 41.1 Å². The lowest BCUT2D eigenvalue weighted by atomic mass is 10.2. The standard InChI is InChI=1S/2C7H8.2C6H7N.C5H6N2.C5H6S.6C2H6.CH4/c2*1-7-5-3-2-4-6-7;1-6-2-4-7-5-3-6;1-6-4-2-3-5-7-6;1-5-2-3-6-4-7-5;1-5-3-2-4-6-5;6*1-2;/h2*2-6H,1H3;2*2-5H,1H3;2-4H,1H3;2-4H,1H3;6*1-2H3;1H4. The Morgan fingerprint density at radius 1 is 0.352 bits per heavy atom. The Hall–Kier alpha value is -4.48. The monoisotopic (exact) mass is 759 g/mol. The SMILES string of the molecule is C.CC.CC.CC.CC.CC.CC.Cc1ccccc1.Cc1ccccc1.Cc1ccccn1.Cc1cccs1.Cc1ccncc1.Cc1ccncn1. The largest absolute Gasteiger partial charge is 0.265 e. The number of nitrogens with zero attached hydrogens (tertiary/aromatic N) is 4. The smallest absolute Gasteiger partial charge is 0.115 e. The third-order valence-electron chi connectivity index (χ3n) is 4.93. The molecule has 0 aliphatic carbocycles. The molecule has 6 aromatic rings. The Kier molecular flexibility index (Phi) is 72.4. The van der Waals surface area contributed by atoms with Gasteiger partial charge in [0.2, 0.25) is 0 Å². The zero-order valence-corrected chi connectivity index (χ0v) is 37.9. The highest BCUT2D eigenvalue weighted by molar-refractivity contribution is 7.09. The first-order valence-corrected chi connectivity index (χ1v) is 20.2. The van der Waals surface area contributed by atoms with Gasteiger partial charge in [0.05, 0.1) is 0 Å². The van der Waals surface area contributed by atoms with E-state index in [0.717, 1.165) is 11.4 Å². The van der Waals surface area contributed by atoms with Gasteiger partial charge in [-0.1, -0.05) is 174 Å². The van der Waals surface area contributed by atoms with Crippen molar-refractivity contribution in [2.75, 3.05) is 0 Å². The van der Waals surface area contributed by atoms with Crippen LogP contribution in [-0.2, 0) is 0 Å². The fourth-order valence-electron chi connectivity index (χ4n) is 2.66.